The molecule has 0 saturated carbocycles. The van der Waals surface area contributed by atoms with Crippen molar-refractivity contribution in [2.75, 3.05) is 6.26 Å². The van der Waals surface area contributed by atoms with Gasteiger partial charge in [0.05, 0.1) is 4.90 Å². The molecule has 0 aliphatic carbocycles. The molecule has 0 aromatic heterocycles. The Morgan fingerprint density at radius 3 is 2.35 bits per heavy atom. The van der Waals surface area contributed by atoms with E-state index in [0.29, 0.717) is 12.0 Å². The number of unbranched alkanes of at least 4 members (excludes halogenated alkanes) is 1. The van der Waals surface area contributed by atoms with Crippen molar-refractivity contribution >= 4 is 15.6 Å². The zero-order valence-electron chi connectivity index (χ0n) is 9.85. The summed E-state index contributed by atoms with van der Waals surface area (Å²) in [6.45, 7) is 3.59. The first-order valence-electron chi connectivity index (χ1n) is 5.39. The smallest absolute Gasteiger partial charge is 0.175 e. The molecule has 0 aliphatic heterocycles. The third-order valence-corrected chi connectivity index (χ3v) is 3.55. The maximum absolute atomic E-state index is 11.7. The van der Waals surface area contributed by atoms with Gasteiger partial charge in [-0.05, 0) is 25.0 Å². The van der Waals surface area contributed by atoms with Gasteiger partial charge in [0.25, 0.3) is 0 Å². The number of carbonyl (C=O) groups excluding carboxylic acids is 1. The maximum atomic E-state index is 11.7. The van der Waals surface area contributed by atoms with Gasteiger partial charge in [-0.3, -0.25) is 4.79 Å². The Bertz CT molecular complexity index is 498. The third kappa shape index (κ3) is 4.15. The van der Waals surface area contributed by atoms with Crippen LogP contribution in [0.5, 0.6) is 0 Å². The molecule has 4 heteroatoms. The number of hydrogen-bond acceptors (Lipinski definition) is 3. The summed E-state index contributed by atoms with van der Waals surface area (Å²) in [7, 11) is -3.19. The van der Waals surface area contributed by atoms with E-state index >= 15 is 0 Å². The molecule has 0 saturated heterocycles. The van der Waals surface area contributed by atoms with Crippen LogP contribution in [0.3, 0.4) is 0 Å². The maximum Gasteiger partial charge on any atom is 0.175 e. The van der Waals surface area contributed by atoms with Crippen molar-refractivity contribution in [3.05, 3.63) is 42.5 Å². The summed E-state index contributed by atoms with van der Waals surface area (Å²) in [4.78, 5) is 11.9. The van der Waals surface area contributed by atoms with E-state index in [1.807, 2.05) is 0 Å². The second kappa shape index (κ2) is 5.77. The fraction of sp³-hybridized carbons (Fsp3) is 0.308. The summed E-state index contributed by atoms with van der Waals surface area (Å²) in [5, 5.41) is 0. The Morgan fingerprint density at radius 2 is 1.88 bits per heavy atom. The van der Waals surface area contributed by atoms with Crippen LogP contribution in [-0.2, 0) is 9.84 Å². The molecular weight excluding hydrogens is 236 g/mol. The van der Waals surface area contributed by atoms with Gasteiger partial charge < -0.3 is 0 Å². The van der Waals surface area contributed by atoms with E-state index in [1.165, 1.54) is 12.1 Å². The zero-order chi connectivity index (χ0) is 12.9. The van der Waals surface area contributed by atoms with Crippen molar-refractivity contribution in [3.63, 3.8) is 0 Å². The van der Waals surface area contributed by atoms with Crippen molar-refractivity contribution in [2.45, 2.75) is 24.2 Å². The molecule has 0 heterocycles. The van der Waals surface area contributed by atoms with Crippen molar-refractivity contribution in [3.8, 4) is 0 Å². The monoisotopic (exact) mass is 252 g/mol. The fourth-order valence-corrected chi connectivity index (χ4v) is 2.07. The molecular formula is C13H16O3S. The Labute approximate surface area is 102 Å². The molecule has 1 rings (SSSR count). The number of carbonyl (C=O) groups is 1. The zero-order valence-corrected chi connectivity index (χ0v) is 10.7. The van der Waals surface area contributed by atoms with Crippen molar-refractivity contribution in [1.29, 1.82) is 0 Å². The van der Waals surface area contributed by atoms with Gasteiger partial charge in [0, 0.05) is 18.2 Å². The normalized spacial score (nSPS) is 11.1. The quantitative estimate of drug-likeness (QED) is 0.444. The molecule has 0 aliphatic rings. The van der Waals surface area contributed by atoms with E-state index in [2.05, 4.69) is 6.58 Å². The van der Waals surface area contributed by atoms with Crippen LogP contribution in [0.1, 0.15) is 29.6 Å². The molecule has 1 aromatic carbocycles. The van der Waals surface area contributed by atoms with E-state index in [4.69, 9.17) is 0 Å². The van der Waals surface area contributed by atoms with E-state index in [1.54, 1.807) is 18.2 Å². The minimum Gasteiger partial charge on any atom is -0.294 e. The molecule has 0 fully saturated rings. The Morgan fingerprint density at radius 1 is 1.29 bits per heavy atom. The fourth-order valence-electron chi connectivity index (χ4n) is 1.44. The number of rotatable bonds is 6. The molecule has 1 aromatic rings. The van der Waals surface area contributed by atoms with Crippen molar-refractivity contribution in [2.24, 2.45) is 0 Å². The summed E-state index contributed by atoms with van der Waals surface area (Å²) in [6, 6.07) is 6.06. The number of allylic oxidation sites excluding steroid dienone is 1. The molecule has 17 heavy (non-hydrogen) atoms. The first-order valence-corrected chi connectivity index (χ1v) is 7.28. The predicted octanol–water partition coefficient (Wildman–Crippen LogP) is 2.63. The molecule has 0 radical (unpaired) electrons. The van der Waals surface area contributed by atoms with Gasteiger partial charge in [0.1, 0.15) is 0 Å². The van der Waals surface area contributed by atoms with Gasteiger partial charge in [-0.25, -0.2) is 8.42 Å². The summed E-state index contributed by atoms with van der Waals surface area (Å²) in [5.74, 6) is 0.0342. The lowest BCUT2D eigenvalue weighted by Gasteiger charge is -2.02. The lowest BCUT2D eigenvalue weighted by molar-refractivity contribution is 0.0980. The molecule has 3 nitrogen and oxygen atoms in total. The molecule has 0 amide bonds. The minimum absolute atomic E-state index is 0.0342. The summed E-state index contributed by atoms with van der Waals surface area (Å²) >= 11 is 0. The van der Waals surface area contributed by atoms with Gasteiger partial charge in [-0.1, -0.05) is 18.2 Å². The van der Waals surface area contributed by atoms with E-state index < -0.39 is 9.84 Å². The van der Waals surface area contributed by atoms with Crippen molar-refractivity contribution in [1.82, 2.24) is 0 Å². The molecule has 0 spiro atoms. The first kappa shape index (κ1) is 13.6. The molecule has 0 atom stereocenters. The van der Waals surface area contributed by atoms with Gasteiger partial charge in [0.15, 0.2) is 15.6 Å². The van der Waals surface area contributed by atoms with Crippen LogP contribution >= 0.6 is 0 Å². The topological polar surface area (TPSA) is 51.2 Å². The summed E-state index contributed by atoms with van der Waals surface area (Å²) in [5.41, 5.74) is 0.557. The van der Waals surface area contributed by atoms with Crippen molar-refractivity contribution < 1.29 is 13.2 Å². The van der Waals surface area contributed by atoms with Crippen LogP contribution in [0.4, 0.5) is 0 Å². The number of Topliss-reactive ketones (excluding diaryl/α,β-unsaturated/α-hetero) is 1. The third-order valence-electron chi connectivity index (χ3n) is 2.42. The van der Waals surface area contributed by atoms with Crippen LogP contribution in [0, 0.1) is 0 Å². The predicted molar refractivity (Wildman–Crippen MR) is 67.9 cm³/mol. The number of benzene rings is 1. The summed E-state index contributed by atoms with van der Waals surface area (Å²) < 4.78 is 22.5. The lowest BCUT2D eigenvalue weighted by Crippen LogP contribution is -2.01. The highest BCUT2D eigenvalue weighted by Gasteiger charge is 2.09. The standard InChI is InChI=1S/C13H16O3S/c1-3-4-5-6-13(14)11-7-9-12(10-8-11)17(2,15)16/h3,7-10H,1,4-6H2,2H3. The van der Waals surface area contributed by atoms with E-state index in [-0.39, 0.29) is 10.7 Å². The van der Waals surface area contributed by atoms with Crippen LogP contribution in [0.2, 0.25) is 0 Å². The largest absolute Gasteiger partial charge is 0.294 e. The molecule has 0 bridgehead atoms. The van der Waals surface area contributed by atoms with Gasteiger partial charge in [-0.15, -0.1) is 6.58 Å². The van der Waals surface area contributed by atoms with Gasteiger partial charge >= 0.3 is 0 Å². The Balaban J connectivity index is 2.74. The SMILES string of the molecule is C=CCCCC(=O)c1ccc(S(C)(=O)=O)cc1. The number of sulfone groups is 1. The highest BCUT2D eigenvalue weighted by atomic mass is 32.2. The highest BCUT2D eigenvalue weighted by molar-refractivity contribution is 7.90. The number of ketones is 1. The highest BCUT2D eigenvalue weighted by Crippen LogP contribution is 2.12. The van der Waals surface area contributed by atoms with Gasteiger partial charge in [-0.2, -0.15) is 0 Å². The number of hydrogen-bond donors (Lipinski definition) is 0. The second-order valence-electron chi connectivity index (χ2n) is 3.90. The first-order chi connectivity index (χ1) is 7.95. The Hall–Kier alpha value is -1.42. The average Bonchev–Trinajstić information content (AvgIpc) is 2.28. The molecule has 0 N–H and O–H groups in total. The van der Waals surface area contributed by atoms with E-state index in [9.17, 15) is 13.2 Å². The second-order valence-corrected chi connectivity index (χ2v) is 5.92. The van der Waals surface area contributed by atoms with Crippen LogP contribution in [-0.4, -0.2) is 20.5 Å². The lowest BCUT2D eigenvalue weighted by atomic mass is 10.1. The van der Waals surface area contributed by atoms with Crippen LogP contribution < -0.4 is 0 Å². The van der Waals surface area contributed by atoms with Crippen LogP contribution in [0.15, 0.2) is 41.8 Å². The molecule has 92 valence electrons. The Kier molecular flexibility index (Phi) is 4.63. The van der Waals surface area contributed by atoms with Crippen LogP contribution in [0.25, 0.3) is 0 Å². The minimum atomic E-state index is -3.19. The van der Waals surface area contributed by atoms with Gasteiger partial charge in [0.2, 0.25) is 0 Å². The van der Waals surface area contributed by atoms with E-state index in [0.717, 1.165) is 19.1 Å². The summed E-state index contributed by atoms with van der Waals surface area (Å²) in [6.07, 6.45) is 4.97. The molecule has 0 unspecified atom stereocenters. The average molecular weight is 252 g/mol.